The molecule has 3 N–H and O–H groups in total. The van der Waals surface area contributed by atoms with Crippen molar-refractivity contribution in [3.05, 3.63) is 0 Å². The quantitative estimate of drug-likeness (QED) is 0.569. The normalized spacial score (nSPS) is 34.2. The van der Waals surface area contributed by atoms with Gasteiger partial charge in [0.15, 0.2) is 0 Å². The Kier molecular flexibility index (Phi) is 3.12. The fraction of sp³-hybridized carbons (Fsp3) is 1.00. The molecule has 0 amide bonds. The fourth-order valence-electron chi connectivity index (χ4n) is 1.25. The van der Waals surface area contributed by atoms with Crippen molar-refractivity contribution in [2.75, 3.05) is 13.2 Å². The van der Waals surface area contributed by atoms with Gasteiger partial charge in [-0.05, 0) is 25.8 Å². The Morgan fingerprint density at radius 3 is 3.00 bits per heavy atom. The first-order valence-corrected chi connectivity index (χ1v) is 3.82. The van der Waals surface area contributed by atoms with E-state index in [-0.39, 0.29) is 12.2 Å². The summed E-state index contributed by atoms with van der Waals surface area (Å²) < 4.78 is 5.35. The first-order chi connectivity index (χ1) is 4.83. The van der Waals surface area contributed by atoms with E-state index >= 15 is 0 Å². The lowest BCUT2D eigenvalue weighted by Crippen LogP contribution is -2.30. The number of nitrogens with two attached hydrogens (primary N) is 1. The van der Waals surface area contributed by atoms with E-state index in [0.717, 1.165) is 19.3 Å². The molecule has 0 saturated carbocycles. The standard InChI is InChI=1S/C7H15NO2/c8-3-1-7-5-6(9)2-4-10-7/h6-7,9H,1-5,8H2. The van der Waals surface area contributed by atoms with Crippen molar-refractivity contribution in [1.82, 2.24) is 0 Å². The third-order valence-electron chi connectivity index (χ3n) is 1.83. The molecule has 1 rings (SSSR count). The molecule has 0 spiro atoms. The number of ether oxygens (including phenoxy) is 1. The maximum atomic E-state index is 9.19. The highest BCUT2D eigenvalue weighted by molar-refractivity contribution is 4.70. The van der Waals surface area contributed by atoms with Gasteiger partial charge in [0.2, 0.25) is 0 Å². The molecular weight excluding hydrogens is 130 g/mol. The molecule has 1 aliphatic heterocycles. The van der Waals surface area contributed by atoms with Crippen LogP contribution in [-0.4, -0.2) is 30.5 Å². The summed E-state index contributed by atoms with van der Waals surface area (Å²) in [6.45, 7) is 1.34. The van der Waals surface area contributed by atoms with Crippen molar-refractivity contribution >= 4 is 0 Å². The van der Waals surface area contributed by atoms with Gasteiger partial charge in [0, 0.05) is 6.61 Å². The molecule has 1 fully saturated rings. The van der Waals surface area contributed by atoms with Crippen molar-refractivity contribution < 1.29 is 9.84 Å². The van der Waals surface area contributed by atoms with E-state index in [1.807, 2.05) is 0 Å². The summed E-state index contributed by atoms with van der Waals surface area (Å²) in [5.74, 6) is 0. The summed E-state index contributed by atoms with van der Waals surface area (Å²) in [6, 6.07) is 0. The average molecular weight is 145 g/mol. The van der Waals surface area contributed by atoms with Gasteiger partial charge < -0.3 is 15.6 Å². The van der Waals surface area contributed by atoms with Gasteiger partial charge in [0.1, 0.15) is 0 Å². The van der Waals surface area contributed by atoms with Crippen LogP contribution >= 0.6 is 0 Å². The molecule has 0 bridgehead atoms. The topological polar surface area (TPSA) is 55.5 Å². The van der Waals surface area contributed by atoms with Gasteiger partial charge in [-0.1, -0.05) is 0 Å². The minimum absolute atomic E-state index is 0.162. The van der Waals surface area contributed by atoms with E-state index < -0.39 is 0 Å². The van der Waals surface area contributed by atoms with E-state index in [2.05, 4.69) is 0 Å². The Bertz CT molecular complexity index is 95.6. The van der Waals surface area contributed by atoms with Crippen LogP contribution in [0.25, 0.3) is 0 Å². The molecule has 10 heavy (non-hydrogen) atoms. The molecule has 0 aromatic heterocycles. The predicted molar refractivity (Wildman–Crippen MR) is 38.7 cm³/mol. The van der Waals surface area contributed by atoms with Crippen LogP contribution in [0.2, 0.25) is 0 Å². The third-order valence-corrected chi connectivity index (χ3v) is 1.83. The van der Waals surface area contributed by atoms with Crippen molar-refractivity contribution in [3.63, 3.8) is 0 Å². The first-order valence-electron chi connectivity index (χ1n) is 3.82. The van der Waals surface area contributed by atoms with Gasteiger partial charge in [-0.15, -0.1) is 0 Å². The van der Waals surface area contributed by atoms with Crippen LogP contribution in [0, 0.1) is 0 Å². The highest BCUT2D eigenvalue weighted by Crippen LogP contribution is 2.15. The molecule has 0 aromatic carbocycles. The van der Waals surface area contributed by atoms with Gasteiger partial charge in [-0.25, -0.2) is 0 Å². The second-order valence-corrected chi connectivity index (χ2v) is 2.75. The molecule has 2 atom stereocenters. The third kappa shape index (κ3) is 2.25. The second-order valence-electron chi connectivity index (χ2n) is 2.75. The summed E-state index contributed by atoms with van der Waals surface area (Å²) in [6.07, 6.45) is 2.45. The average Bonchev–Trinajstić information content (AvgIpc) is 1.88. The molecular formula is C7H15NO2. The number of hydrogen-bond donors (Lipinski definition) is 2. The van der Waals surface area contributed by atoms with Crippen LogP contribution in [0.4, 0.5) is 0 Å². The van der Waals surface area contributed by atoms with Crippen LogP contribution in [-0.2, 0) is 4.74 Å². The molecule has 3 nitrogen and oxygen atoms in total. The molecule has 0 aliphatic carbocycles. The molecule has 2 unspecified atom stereocenters. The van der Waals surface area contributed by atoms with E-state index in [4.69, 9.17) is 10.5 Å². The zero-order chi connectivity index (χ0) is 7.40. The monoisotopic (exact) mass is 145 g/mol. The van der Waals surface area contributed by atoms with Gasteiger partial charge in [-0.3, -0.25) is 0 Å². The van der Waals surface area contributed by atoms with Gasteiger partial charge in [-0.2, -0.15) is 0 Å². The summed E-state index contributed by atoms with van der Waals surface area (Å²) in [7, 11) is 0. The van der Waals surface area contributed by atoms with Crippen LogP contribution in [0.1, 0.15) is 19.3 Å². The van der Waals surface area contributed by atoms with Gasteiger partial charge in [0.05, 0.1) is 12.2 Å². The lowest BCUT2D eigenvalue weighted by Gasteiger charge is -2.25. The Hall–Kier alpha value is -0.120. The fourth-order valence-corrected chi connectivity index (χ4v) is 1.25. The predicted octanol–water partition coefficient (Wildman–Crippen LogP) is -0.125. The minimum atomic E-state index is -0.162. The van der Waals surface area contributed by atoms with Crippen molar-refractivity contribution in [2.45, 2.75) is 31.5 Å². The summed E-state index contributed by atoms with van der Waals surface area (Å²) in [5.41, 5.74) is 5.34. The van der Waals surface area contributed by atoms with Crippen LogP contribution < -0.4 is 5.73 Å². The number of rotatable bonds is 2. The van der Waals surface area contributed by atoms with Crippen LogP contribution in [0.5, 0.6) is 0 Å². The Balaban J connectivity index is 2.18. The van der Waals surface area contributed by atoms with Crippen LogP contribution in [0.3, 0.4) is 0 Å². The van der Waals surface area contributed by atoms with E-state index in [1.165, 1.54) is 0 Å². The summed E-state index contributed by atoms with van der Waals surface area (Å²) in [4.78, 5) is 0. The zero-order valence-corrected chi connectivity index (χ0v) is 6.12. The van der Waals surface area contributed by atoms with Gasteiger partial charge >= 0.3 is 0 Å². The van der Waals surface area contributed by atoms with Crippen molar-refractivity contribution in [1.29, 1.82) is 0 Å². The highest BCUT2D eigenvalue weighted by Gasteiger charge is 2.19. The molecule has 3 heteroatoms. The van der Waals surface area contributed by atoms with E-state index in [1.54, 1.807) is 0 Å². The summed E-state index contributed by atoms with van der Waals surface area (Å²) in [5, 5.41) is 9.19. The molecule has 0 aromatic rings. The van der Waals surface area contributed by atoms with Crippen LogP contribution in [0.15, 0.2) is 0 Å². The molecule has 1 aliphatic rings. The zero-order valence-electron chi connectivity index (χ0n) is 6.12. The first kappa shape index (κ1) is 7.98. The highest BCUT2D eigenvalue weighted by atomic mass is 16.5. The molecule has 1 heterocycles. The van der Waals surface area contributed by atoms with Crippen molar-refractivity contribution in [2.24, 2.45) is 5.73 Å². The number of aliphatic hydroxyl groups excluding tert-OH is 1. The minimum Gasteiger partial charge on any atom is -0.393 e. The summed E-state index contributed by atoms with van der Waals surface area (Å²) >= 11 is 0. The van der Waals surface area contributed by atoms with Gasteiger partial charge in [0.25, 0.3) is 0 Å². The Morgan fingerprint density at radius 1 is 1.60 bits per heavy atom. The maximum Gasteiger partial charge on any atom is 0.0611 e. The Labute approximate surface area is 61.2 Å². The molecule has 1 saturated heterocycles. The Morgan fingerprint density at radius 2 is 2.40 bits per heavy atom. The molecule has 60 valence electrons. The maximum absolute atomic E-state index is 9.19. The number of aliphatic hydroxyl groups is 1. The SMILES string of the molecule is NCCC1CC(O)CCO1. The lowest BCUT2D eigenvalue weighted by molar-refractivity contribution is -0.0450. The molecule has 0 radical (unpaired) electrons. The van der Waals surface area contributed by atoms with E-state index in [0.29, 0.717) is 13.2 Å². The largest absolute Gasteiger partial charge is 0.393 e. The number of hydrogen-bond acceptors (Lipinski definition) is 3. The smallest absolute Gasteiger partial charge is 0.0611 e. The lowest BCUT2D eigenvalue weighted by atomic mass is 10.0. The van der Waals surface area contributed by atoms with Crippen molar-refractivity contribution in [3.8, 4) is 0 Å². The second kappa shape index (κ2) is 3.91. The van der Waals surface area contributed by atoms with E-state index in [9.17, 15) is 5.11 Å².